The number of ether oxygens (including phenoxy) is 1. The van der Waals surface area contributed by atoms with Crippen LogP contribution in [0.15, 0.2) is 30.0 Å². The molecule has 6 heteroatoms. The first kappa shape index (κ1) is 15.8. The zero-order valence-electron chi connectivity index (χ0n) is 11.7. The molecule has 112 valence electrons. The maximum Gasteiger partial charge on any atom is 0.528 e. The van der Waals surface area contributed by atoms with Crippen LogP contribution < -0.4 is 0 Å². The minimum Gasteiger partial charge on any atom is -0.408 e. The van der Waals surface area contributed by atoms with E-state index in [4.69, 9.17) is 20.2 Å². The molecule has 1 N–H and O–H groups in total. The molecule has 0 bridgehead atoms. The van der Waals surface area contributed by atoms with Crippen molar-refractivity contribution >= 4 is 13.9 Å². The molecular formula is C15H17O5P. The van der Waals surface area contributed by atoms with E-state index in [0.29, 0.717) is 25.2 Å². The van der Waals surface area contributed by atoms with Crippen molar-refractivity contribution in [1.29, 1.82) is 0 Å². The molecule has 0 amide bonds. The molecule has 0 aromatic heterocycles. The van der Waals surface area contributed by atoms with E-state index in [1.54, 1.807) is 6.08 Å². The van der Waals surface area contributed by atoms with E-state index >= 15 is 0 Å². The average molecular weight is 308 g/mol. The lowest BCUT2D eigenvalue weighted by Crippen LogP contribution is -2.12. The summed E-state index contributed by atoms with van der Waals surface area (Å²) in [6.45, 7) is 0.336. The van der Waals surface area contributed by atoms with E-state index in [-0.39, 0.29) is 0 Å². The van der Waals surface area contributed by atoms with Gasteiger partial charge in [-0.1, -0.05) is 30.2 Å². The lowest BCUT2D eigenvalue weighted by Gasteiger charge is -2.17. The number of fused-ring (bicyclic) bond motifs is 1. The van der Waals surface area contributed by atoms with Crippen LogP contribution in [0, 0.1) is 12.3 Å². The number of hydrogen-bond acceptors (Lipinski definition) is 4. The molecule has 0 heterocycles. The van der Waals surface area contributed by atoms with Crippen molar-refractivity contribution in [3.8, 4) is 12.3 Å². The monoisotopic (exact) mass is 308 g/mol. The van der Waals surface area contributed by atoms with Crippen molar-refractivity contribution in [3.63, 3.8) is 0 Å². The molecule has 1 aromatic rings. The van der Waals surface area contributed by atoms with Crippen LogP contribution >= 0.6 is 7.82 Å². The number of phosphoric ester groups is 1. The first-order valence-electron chi connectivity index (χ1n) is 6.48. The van der Waals surface area contributed by atoms with Crippen LogP contribution in [0.25, 0.3) is 6.08 Å². The van der Waals surface area contributed by atoms with Gasteiger partial charge in [-0.3, -0.25) is 9.42 Å². The Kier molecular flexibility index (Phi) is 5.22. The van der Waals surface area contributed by atoms with Crippen molar-refractivity contribution in [2.45, 2.75) is 18.9 Å². The molecular weight excluding hydrogens is 291 g/mol. The normalized spacial score (nSPS) is 17.3. The van der Waals surface area contributed by atoms with E-state index in [9.17, 15) is 9.46 Å². The Morgan fingerprint density at radius 1 is 1.48 bits per heavy atom. The molecule has 0 fully saturated rings. The Hall–Kier alpha value is -1.57. The zero-order valence-corrected chi connectivity index (χ0v) is 12.6. The fourth-order valence-corrected chi connectivity index (χ4v) is 2.97. The number of methoxy groups -OCH3 is 1. The van der Waals surface area contributed by atoms with Crippen LogP contribution in [-0.2, 0) is 24.8 Å². The molecule has 0 saturated heterocycles. The van der Waals surface area contributed by atoms with Gasteiger partial charge in [-0.25, -0.2) is 4.57 Å². The number of allylic oxidation sites excluding steroid dienone is 1. The SMILES string of the molecule is C#CC(CCOC)OP(=O)(O)OC1=Cc2ccccc2C1. The average Bonchev–Trinajstić information content (AvgIpc) is 2.84. The number of terminal acetylenes is 1. The summed E-state index contributed by atoms with van der Waals surface area (Å²) >= 11 is 0. The summed E-state index contributed by atoms with van der Waals surface area (Å²) in [4.78, 5) is 9.79. The molecule has 0 radical (unpaired) electrons. The zero-order chi connectivity index (χ0) is 15.3. The molecule has 1 aliphatic rings. The Balaban J connectivity index is 1.96. The molecule has 2 rings (SSSR count). The van der Waals surface area contributed by atoms with E-state index in [1.165, 1.54) is 7.11 Å². The van der Waals surface area contributed by atoms with Gasteiger partial charge in [-0.2, -0.15) is 0 Å². The number of benzene rings is 1. The third-order valence-corrected chi connectivity index (χ3v) is 3.99. The third kappa shape index (κ3) is 4.45. The summed E-state index contributed by atoms with van der Waals surface area (Å²) in [6, 6.07) is 7.65. The smallest absolute Gasteiger partial charge is 0.408 e. The summed E-state index contributed by atoms with van der Waals surface area (Å²) < 4.78 is 26.9. The second-order valence-corrected chi connectivity index (χ2v) is 5.92. The molecule has 2 unspecified atom stereocenters. The van der Waals surface area contributed by atoms with Gasteiger partial charge < -0.3 is 9.26 Å². The largest absolute Gasteiger partial charge is 0.528 e. The number of rotatable bonds is 7. The number of hydrogen-bond donors (Lipinski definition) is 1. The van der Waals surface area contributed by atoms with Gasteiger partial charge in [0, 0.05) is 26.6 Å². The van der Waals surface area contributed by atoms with Gasteiger partial charge in [-0.05, 0) is 17.2 Å². The Bertz CT molecular complexity index is 617. The van der Waals surface area contributed by atoms with Gasteiger partial charge in [0.25, 0.3) is 0 Å². The highest BCUT2D eigenvalue weighted by Gasteiger charge is 2.29. The van der Waals surface area contributed by atoms with Crippen LogP contribution in [0.3, 0.4) is 0 Å². The molecule has 0 aliphatic heterocycles. The summed E-state index contributed by atoms with van der Waals surface area (Å²) in [6.07, 6.45) is 6.94. The maximum atomic E-state index is 12.0. The first-order chi connectivity index (χ1) is 10.0. The Morgan fingerprint density at radius 3 is 2.90 bits per heavy atom. The highest BCUT2D eigenvalue weighted by atomic mass is 31.2. The van der Waals surface area contributed by atoms with Crippen molar-refractivity contribution in [1.82, 2.24) is 0 Å². The van der Waals surface area contributed by atoms with Crippen molar-refractivity contribution < 1.29 is 23.2 Å². The van der Waals surface area contributed by atoms with Gasteiger partial charge in [0.1, 0.15) is 11.9 Å². The molecule has 1 aliphatic carbocycles. The van der Waals surface area contributed by atoms with Crippen LogP contribution in [0.2, 0.25) is 0 Å². The molecule has 5 nitrogen and oxygen atoms in total. The summed E-state index contributed by atoms with van der Waals surface area (Å²) in [5.41, 5.74) is 2.01. The topological polar surface area (TPSA) is 65.0 Å². The van der Waals surface area contributed by atoms with Crippen molar-refractivity contribution in [2.24, 2.45) is 0 Å². The van der Waals surface area contributed by atoms with E-state index < -0.39 is 13.9 Å². The first-order valence-corrected chi connectivity index (χ1v) is 7.98. The second kappa shape index (κ2) is 6.93. The maximum absolute atomic E-state index is 12.0. The minimum absolute atomic E-state index is 0.320. The van der Waals surface area contributed by atoms with Crippen LogP contribution in [0.1, 0.15) is 17.5 Å². The highest BCUT2D eigenvalue weighted by molar-refractivity contribution is 7.47. The van der Waals surface area contributed by atoms with Gasteiger partial charge >= 0.3 is 7.82 Å². The van der Waals surface area contributed by atoms with Crippen molar-refractivity contribution in [3.05, 3.63) is 41.2 Å². The van der Waals surface area contributed by atoms with Crippen molar-refractivity contribution in [2.75, 3.05) is 13.7 Å². The predicted molar refractivity (Wildman–Crippen MR) is 79.2 cm³/mol. The lowest BCUT2D eigenvalue weighted by atomic mass is 10.1. The minimum atomic E-state index is -4.25. The highest BCUT2D eigenvalue weighted by Crippen LogP contribution is 2.48. The van der Waals surface area contributed by atoms with Crippen LogP contribution in [0.5, 0.6) is 0 Å². The van der Waals surface area contributed by atoms with Gasteiger partial charge in [-0.15, -0.1) is 6.42 Å². The van der Waals surface area contributed by atoms with Gasteiger partial charge in [0.05, 0.1) is 0 Å². The molecule has 0 spiro atoms. The van der Waals surface area contributed by atoms with Crippen LogP contribution in [-0.4, -0.2) is 24.7 Å². The van der Waals surface area contributed by atoms with Gasteiger partial charge in [0.2, 0.25) is 0 Å². The summed E-state index contributed by atoms with van der Waals surface area (Å²) in [5.74, 6) is 2.69. The molecule has 0 saturated carbocycles. The Morgan fingerprint density at radius 2 is 2.24 bits per heavy atom. The Labute approximate surface area is 124 Å². The van der Waals surface area contributed by atoms with E-state index in [0.717, 1.165) is 11.1 Å². The third-order valence-electron chi connectivity index (χ3n) is 3.00. The summed E-state index contributed by atoms with van der Waals surface area (Å²) in [5, 5.41) is 0. The quantitative estimate of drug-likeness (QED) is 0.620. The second-order valence-electron chi connectivity index (χ2n) is 4.59. The predicted octanol–water partition coefficient (Wildman–Crippen LogP) is 2.76. The molecule has 2 atom stereocenters. The van der Waals surface area contributed by atoms with Gasteiger partial charge in [0.15, 0.2) is 0 Å². The molecule has 21 heavy (non-hydrogen) atoms. The summed E-state index contributed by atoms with van der Waals surface area (Å²) in [7, 11) is -2.73. The fourth-order valence-electron chi connectivity index (χ4n) is 2.03. The fraction of sp³-hybridized carbons (Fsp3) is 0.333. The van der Waals surface area contributed by atoms with E-state index in [1.807, 2.05) is 24.3 Å². The van der Waals surface area contributed by atoms with E-state index in [2.05, 4.69) is 5.92 Å². The molecule has 1 aromatic carbocycles. The lowest BCUT2D eigenvalue weighted by molar-refractivity contribution is 0.116. The number of phosphoric acid groups is 1. The van der Waals surface area contributed by atoms with Crippen LogP contribution in [0.4, 0.5) is 0 Å². The standard InChI is InChI=1S/C15H17O5P/c1-3-14(8-9-18-2)19-21(16,17)20-15-10-12-6-4-5-7-13(12)11-15/h1,4-7,10,14H,8-9,11H2,2H3,(H,16,17).